The summed E-state index contributed by atoms with van der Waals surface area (Å²) in [7, 11) is 4.40. The lowest BCUT2D eigenvalue weighted by atomic mass is 10.1. The van der Waals surface area contributed by atoms with Crippen LogP contribution >= 0.6 is 0 Å². The average Bonchev–Trinajstić information content (AvgIpc) is 2.57. The van der Waals surface area contributed by atoms with Crippen LogP contribution in [-0.2, 0) is 6.54 Å². The molecule has 1 N–H and O–H groups in total. The minimum Gasteiger partial charge on any atom is -0.306 e. The zero-order valence-electron chi connectivity index (χ0n) is 12.2. The Hall–Kier alpha value is -0.870. The first-order valence-electron chi connectivity index (χ1n) is 6.97. The summed E-state index contributed by atoms with van der Waals surface area (Å²) in [6, 6.07) is 0.751. The number of hydrogen-bond acceptors (Lipinski definition) is 3. The van der Waals surface area contributed by atoms with Gasteiger partial charge in [0.25, 0.3) is 0 Å². The smallest absolute Gasteiger partial charge is 0.0639 e. The Balaban J connectivity index is 1.95. The molecule has 4 heteroatoms. The van der Waals surface area contributed by atoms with E-state index in [0.717, 1.165) is 18.3 Å². The molecular weight excluding hydrogens is 224 g/mol. The van der Waals surface area contributed by atoms with Gasteiger partial charge in [0.1, 0.15) is 0 Å². The van der Waals surface area contributed by atoms with Gasteiger partial charge in [-0.15, -0.1) is 0 Å². The highest BCUT2D eigenvalue weighted by Gasteiger charge is 2.19. The number of hydrogen-bond donors (Lipinski definition) is 1. The maximum atomic E-state index is 4.29. The predicted molar refractivity (Wildman–Crippen MR) is 74.7 cm³/mol. The van der Waals surface area contributed by atoms with Crippen LogP contribution in [0.3, 0.4) is 0 Å². The van der Waals surface area contributed by atoms with E-state index < -0.39 is 0 Å². The van der Waals surface area contributed by atoms with Crippen molar-refractivity contribution in [3.05, 3.63) is 17.0 Å². The number of aromatic amines is 1. The molecular formula is C14H26N4. The molecule has 0 saturated carbocycles. The van der Waals surface area contributed by atoms with Gasteiger partial charge in [-0.3, -0.25) is 10.00 Å². The highest BCUT2D eigenvalue weighted by atomic mass is 15.2. The van der Waals surface area contributed by atoms with Gasteiger partial charge in [0.15, 0.2) is 0 Å². The summed E-state index contributed by atoms with van der Waals surface area (Å²) in [5, 5.41) is 7.37. The molecule has 1 aliphatic heterocycles. The molecule has 0 radical (unpaired) electrons. The van der Waals surface area contributed by atoms with Gasteiger partial charge < -0.3 is 4.90 Å². The van der Waals surface area contributed by atoms with Crippen molar-refractivity contribution in [1.29, 1.82) is 0 Å². The average molecular weight is 250 g/mol. The van der Waals surface area contributed by atoms with E-state index in [9.17, 15) is 0 Å². The molecule has 1 atom stereocenters. The maximum absolute atomic E-state index is 4.29. The van der Waals surface area contributed by atoms with Crippen LogP contribution in [0.1, 0.15) is 36.2 Å². The van der Waals surface area contributed by atoms with E-state index in [-0.39, 0.29) is 0 Å². The Morgan fingerprint density at radius 1 is 1.28 bits per heavy atom. The molecule has 0 spiro atoms. The van der Waals surface area contributed by atoms with E-state index in [0.29, 0.717) is 0 Å². The second-order valence-electron chi connectivity index (χ2n) is 5.74. The van der Waals surface area contributed by atoms with E-state index in [1.807, 2.05) is 0 Å². The summed E-state index contributed by atoms with van der Waals surface area (Å²) in [6.07, 6.45) is 3.91. The van der Waals surface area contributed by atoms with Crippen molar-refractivity contribution in [2.45, 2.75) is 45.7 Å². The molecule has 1 unspecified atom stereocenters. The number of H-pyrrole nitrogens is 1. The maximum Gasteiger partial charge on any atom is 0.0639 e. The number of nitrogens with one attached hydrogen (secondary N) is 1. The number of aryl methyl sites for hydroxylation is 2. The SMILES string of the molecule is Cc1n[nH]c(C)c1CN1CCCC(N(C)C)CC1. The Morgan fingerprint density at radius 3 is 2.67 bits per heavy atom. The van der Waals surface area contributed by atoms with Crippen LogP contribution in [-0.4, -0.2) is 53.2 Å². The van der Waals surface area contributed by atoms with Gasteiger partial charge in [-0.05, 0) is 60.3 Å². The third kappa shape index (κ3) is 3.12. The van der Waals surface area contributed by atoms with Gasteiger partial charge in [0.05, 0.1) is 5.69 Å². The van der Waals surface area contributed by atoms with Crippen LogP contribution in [0.5, 0.6) is 0 Å². The van der Waals surface area contributed by atoms with E-state index >= 15 is 0 Å². The van der Waals surface area contributed by atoms with Crippen molar-refractivity contribution >= 4 is 0 Å². The molecule has 18 heavy (non-hydrogen) atoms. The molecule has 102 valence electrons. The van der Waals surface area contributed by atoms with Gasteiger partial charge in [-0.1, -0.05) is 0 Å². The largest absolute Gasteiger partial charge is 0.306 e. The van der Waals surface area contributed by atoms with Crippen LogP contribution in [0.4, 0.5) is 0 Å². The van der Waals surface area contributed by atoms with Crippen LogP contribution in [0.15, 0.2) is 0 Å². The molecule has 1 aromatic rings. The van der Waals surface area contributed by atoms with Crippen LogP contribution in [0.25, 0.3) is 0 Å². The fraction of sp³-hybridized carbons (Fsp3) is 0.786. The summed E-state index contributed by atoms with van der Waals surface area (Å²) in [6.45, 7) is 7.69. The third-order valence-electron chi connectivity index (χ3n) is 4.18. The molecule has 0 amide bonds. The second-order valence-corrected chi connectivity index (χ2v) is 5.74. The molecule has 2 rings (SSSR count). The van der Waals surface area contributed by atoms with Crippen molar-refractivity contribution in [2.24, 2.45) is 0 Å². The first-order chi connectivity index (χ1) is 8.58. The molecule has 1 saturated heterocycles. The van der Waals surface area contributed by atoms with Crippen LogP contribution < -0.4 is 0 Å². The lowest BCUT2D eigenvalue weighted by molar-refractivity contribution is 0.245. The zero-order chi connectivity index (χ0) is 13.1. The van der Waals surface area contributed by atoms with Gasteiger partial charge in [0.2, 0.25) is 0 Å². The molecule has 1 aromatic heterocycles. The fourth-order valence-corrected chi connectivity index (χ4v) is 2.84. The van der Waals surface area contributed by atoms with Gasteiger partial charge in [0, 0.05) is 23.8 Å². The number of nitrogens with zero attached hydrogens (tertiary/aromatic N) is 3. The topological polar surface area (TPSA) is 35.2 Å². The summed E-state index contributed by atoms with van der Waals surface area (Å²) < 4.78 is 0. The Kier molecular flexibility index (Phi) is 4.40. The number of rotatable bonds is 3. The van der Waals surface area contributed by atoms with E-state index in [1.54, 1.807) is 0 Å². The van der Waals surface area contributed by atoms with Crippen molar-refractivity contribution in [1.82, 2.24) is 20.0 Å². The minimum absolute atomic E-state index is 0.751. The zero-order valence-corrected chi connectivity index (χ0v) is 12.2. The minimum atomic E-state index is 0.751. The molecule has 4 nitrogen and oxygen atoms in total. The van der Waals surface area contributed by atoms with Crippen LogP contribution in [0, 0.1) is 13.8 Å². The van der Waals surface area contributed by atoms with Crippen molar-refractivity contribution in [2.75, 3.05) is 27.2 Å². The number of likely N-dealkylation sites (tertiary alicyclic amines) is 1. The summed E-state index contributed by atoms with van der Waals surface area (Å²) in [5.41, 5.74) is 3.76. The standard InChI is InChI=1S/C14H26N4/c1-11-14(12(2)16-15-11)10-18-8-5-6-13(7-9-18)17(3)4/h13H,5-10H2,1-4H3,(H,15,16). The second kappa shape index (κ2) is 5.85. The van der Waals surface area contributed by atoms with E-state index in [4.69, 9.17) is 0 Å². The molecule has 0 aromatic carbocycles. The van der Waals surface area contributed by atoms with Crippen LogP contribution in [0.2, 0.25) is 0 Å². The lowest BCUT2D eigenvalue weighted by Crippen LogP contribution is -2.30. The number of aromatic nitrogens is 2. The Bertz CT molecular complexity index is 364. The molecule has 1 aliphatic rings. The molecule has 2 heterocycles. The quantitative estimate of drug-likeness (QED) is 0.890. The predicted octanol–water partition coefficient (Wildman–Crippen LogP) is 1.94. The normalized spacial score (nSPS) is 22.4. The van der Waals surface area contributed by atoms with Gasteiger partial charge in [-0.25, -0.2) is 0 Å². The summed E-state index contributed by atoms with van der Waals surface area (Å²) in [5.74, 6) is 0. The first-order valence-corrected chi connectivity index (χ1v) is 6.97. The van der Waals surface area contributed by atoms with Gasteiger partial charge in [-0.2, -0.15) is 5.10 Å². The van der Waals surface area contributed by atoms with Crippen molar-refractivity contribution in [3.8, 4) is 0 Å². The van der Waals surface area contributed by atoms with Gasteiger partial charge >= 0.3 is 0 Å². The highest BCUT2D eigenvalue weighted by molar-refractivity contribution is 5.22. The Labute approximate surface area is 110 Å². The summed E-state index contributed by atoms with van der Waals surface area (Å²) >= 11 is 0. The molecule has 1 fully saturated rings. The van der Waals surface area contributed by atoms with Crippen molar-refractivity contribution < 1.29 is 0 Å². The highest BCUT2D eigenvalue weighted by Crippen LogP contribution is 2.18. The fourth-order valence-electron chi connectivity index (χ4n) is 2.84. The van der Waals surface area contributed by atoms with E-state index in [2.05, 4.69) is 47.9 Å². The van der Waals surface area contributed by atoms with E-state index in [1.165, 1.54) is 43.6 Å². The monoisotopic (exact) mass is 250 g/mol. The Morgan fingerprint density at radius 2 is 2.06 bits per heavy atom. The summed E-state index contributed by atoms with van der Waals surface area (Å²) in [4.78, 5) is 4.95. The molecule has 0 aliphatic carbocycles. The van der Waals surface area contributed by atoms with Crippen molar-refractivity contribution in [3.63, 3.8) is 0 Å². The first kappa shape index (κ1) is 13.6. The lowest BCUT2D eigenvalue weighted by Gasteiger charge is -2.23. The third-order valence-corrected chi connectivity index (χ3v) is 4.18. The molecule has 0 bridgehead atoms.